The zero-order valence-electron chi connectivity index (χ0n) is 14.7. The molecule has 0 atom stereocenters. The normalized spacial score (nSPS) is 19.6. The van der Waals surface area contributed by atoms with Crippen molar-refractivity contribution in [2.24, 2.45) is 0 Å². The molecule has 1 aliphatic carbocycles. The summed E-state index contributed by atoms with van der Waals surface area (Å²) in [4.78, 5) is 29.0. The van der Waals surface area contributed by atoms with Crippen molar-refractivity contribution in [1.82, 2.24) is 9.80 Å². The van der Waals surface area contributed by atoms with Gasteiger partial charge in [-0.05, 0) is 19.8 Å². The van der Waals surface area contributed by atoms with Gasteiger partial charge in [-0.3, -0.25) is 14.5 Å². The molecule has 3 rings (SSSR count). The third-order valence-corrected chi connectivity index (χ3v) is 5.45. The highest BCUT2D eigenvalue weighted by Gasteiger charge is 2.27. The largest absolute Gasteiger partial charge is 0.340 e. The fourth-order valence-corrected chi connectivity index (χ4v) is 3.87. The zero-order chi connectivity index (χ0) is 16.9. The van der Waals surface area contributed by atoms with Crippen LogP contribution in [-0.4, -0.2) is 53.7 Å². The molecule has 130 valence electrons. The Labute approximate surface area is 144 Å². The molecule has 1 amide bonds. The van der Waals surface area contributed by atoms with Crippen LogP contribution in [0.5, 0.6) is 0 Å². The second kappa shape index (κ2) is 7.93. The van der Waals surface area contributed by atoms with Gasteiger partial charge in [-0.15, -0.1) is 0 Å². The summed E-state index contributed by atoms with van der Waals surface area (Å²) in [5.74, 6) is 0.189. The Balaban J connectivity index is 1.42. The average Bonchev–Trinajstić information content (AvgIpc) is 3.15. The number of carbonyl (C=O) groups is 2. The lowest BCUT2D eigenvalue weighted by Crippen LogP contribution is -2.51. The predicted octanol–water partition coefficient (Wildman–Crippen LogP) is 3.04. The number of ketones is 1. The molecule has 0 radical (unpaired) electrons. The van der Waals surface area contributed by atoms with Crippen molar-refractivity contribution in [3.05, 3.63) is 35.4 Å². The minimum Gasteiger partial charge on any atom is -0.340 e. The first kappa shape index (κ1) is 17.2. The van der Waals surface area contributed by atoms with E-state index in [2.05, 4.69) is 4.90 Å². The quantitative estimate of drug-likeness (QED) is 0.780. The van der Waals surface area contributed by atoms with Crippen LogP contribution in [0.4, 0.5) is 0 Å². The van der Waals surface area contributed by atoms with E-state index < -0.39 is 0 Å². The number of hydrogen-bond donors (Lipinski definition) is 0. The molecular weight excluding hydrogens is 300 g/mol. The van der Waals surface area contributed by atoms with Gasteiger partial charge in [0.05, 0.1) is 0 Å². The van der Waals surface area contributed by atoms with Gasteiger partial charge < -0.3 is 4.90 Å². The van der Waals surface area contributed by atoms with Crippen molar-refractivity contribution in [1.29, 1.82) is 0 Å². The maximum Gasteiger partial charge on any atom is 0.223 e. The number of aryl methyl sites for hydroxylation is 1. The van der Waals surface area contributed by atoms with E-state index in [4.69, 9.17) is 0 Å². The first-order valence-corrected chi connectivity index (χ1v) is 9.25. The highest BCUT2D eigenvalue weighted by atomic mass is 16.2. The molecule has 1 aliphatic heterocycles. The minimum atomic E-state index is 0.0629. The van der Waals surface area contributed by atoms with Gasteiger partial charge >= 0.3 is 0 Å². The molecule has 24 heavy (non-hydrogen) atoms. The highest BCUT2D eigenvalue weighted by Crippen LogP contribution is 2.24. The second-order valence-corrected chi connectivity index (χ2v) is 7.14. The molecule has 4 nitrogen and oxygen atoms in total. The fourth-order valence-electron chi connectivity index (χ4n) is 3.87. The summed E-state index contributed by atoms with van der Waals surface area (Å²) in [6.45, 7) is 5.61. The summed E-state index contributed by atoms with van der Waals surface area (Å²) >= 11 is 0. The van der Waals surface area contributed by atoms with Crippen molar-refractivity contribution in [2.75, 3.05) is 26.2 Å². The zero-order valence-corrected chi connectivity index (χ0v) is 14.7. The van der Waals surface area contributed by atoms with Crippen LogP contribution in [-0.2, 0) is 4.79 Å². The van der Waals surface area contributed by atoms with Crippen LogP contribution < -0.4 is 0 Å². The summed E-state index contributed by atoms with van der Waals surface area (Å²) in [5.41, 5.74) is 1.85. The van der Waals surface area contributed by atoms with Gasteiger partial charge in [0.1, 0.15) is 0 Å². The summed E-state index contributed by atoms with van der Waals surface area (Å²) in [7, 11) is 0. The Morgan fingerprint density at radius 2 is 1.58 bits per heavy atom. The molecule has 1 aromatic rings. The maximum atomic E-state index is 12.4. The van der Waals surface area contributed by atoms with Crippen molar-refractivity contribution in [2.45, 2.75) is 51.5 Å². The second-order valence-electron chi connectivity index (χ2n) is 7.14. The summed E-state index contributed by atoms with van der Waals surface area (Å²) < 4.78 is 0. The maximum absolute atomic E-state index is 12.4. The molecule has 0 N–H and O–H groups in total. The molecular formula is C20H28N2O2. The molecule has 2 fully saturated rings. The lowest BCUT2D eigenvalue weighted by molar-refractivity contribution is -0.133. The predicted molar refractivity (Wildman–Crippen MR) is 95.2 cm³/mol. The third-order valence-electron chi connectivity index (χ3n) is 5.45. The summed E-state index contributed by atoms with van der Waals surface area (Å²) in [6.07, 6.45) is 5.98. The van der Waals surface area contributed by atoms with E-state index in [0.29, 0.717) is 18.4 Å². The van der Waals surface area contributed by atoms with Gasteiger partial charge in [0, 0.05) is 50.6 Å². The smallest absolute Gasteiger partial charge is 0.223 e. The number of Topliss-reactive ketones (excluding diaryl/α,β-unsaturated/α-hetero) is 1. The Hall–Kier alpha value is -1.68. The SMILES string of the molecule is Cc1ccc(C(=O)CCC(=O)N2CCN(C3CCCC3)CC2)cc1. The topological polar surface area (TPSA) is 40.6 Å². The van der Waals surface area contributed by atoms with Gasteiger partial charge in [0.15, 0.2) is 5.78 Å². The van der Waals surface area contributed by atoms with Crippen LogP contribution in [0.15, 0.2) is 24.3 Å². The van der Waals surface area contributed by atoms with Gasteiger partial charge in [0.25, 0.3) is 0 Å². The average molecular weight is 328 g/mol. The van der Waals surface area contributed by atoms with E-state index in [1.54, 1.807) is 0 Å². The molecule has 1 aromatic carbocycles. The molecule has 0 spiro atoms. The molecule has 0 unspecified atom stereocenters. The van der Waals surface area contributed by atoms with Crippen molar-refractivity contribution in [3.63, 3.8) is 0 Å². The number of carbonyl (C=O) groups excluding carboxylic acids is 2. The first-order valence-electron chi connectivity index (χ1n) is 9.25. The van der Waals surface area contributed by atoms with E-state index in [-0.39, 0.29) is 11.7 Å². The number of benzene rings is 1. The van der Waals surface area contributed by atoms with Gasteiger partial charge in [-0.1, -0.05) is 42.7 Å². The van der Waals surface area contributed by atoms with Gasteiger partial charge in [-0.25, -0.2) is 0 Å². The molecule has 0 aromatic heterocycles. The van der Waals surface area contributed by atoms with E-state index in [0.717, 1.165) is 37.8 Å². The number of hydrogen-bond acceptors (Lipinski definition) is 3. The summed E-state index contributed by atoms with van der Waals surface area (Å²) in [5, 5.41) is 0. The monoisotopic (exact) mass is 328 g/mol. The van der Waals surface area contributed by atoms with Gasteiger partial charge in [-0.2, -0.15) is 0 Å². The van der Waals surface area contributed by atoms with Crippen molar-refractivity contribution in [3.8, 4) is 0 Å². The van der Waals surface area contributed by atoms with E-state index in [1.807, 2.05) is 36.1 Å². The van der Waals surface area contributed by atoms with E-state index in [1.165, 1.54) is 25.7 Å². The Morgan fingerprint density at radius 1 is 0.958 bits per heavy atom. The van der Waals surface area contributed by atoms with Crippen LogP contribution in [0.3, 0.4) is 0 Å². The van der Waals surface area contributed by atoms with Crippen LogP contribution in [0.2, 0.25) is 0 Å². The molecule has 0 bridgehead atoms. The molecule has 1 saturated carbocycles. The molecule has 2 aliphatic rings. The van der Waals surface area contributed by atoms with E-state index in [9.17, 15) is 9.59 Å². The van der Waals surface area contributed by atoms with E-state index >= 15 is 0 Å². The van der Waals surface area contributed by atoms with Crippen LogP contribution >= 0.6 is 0 Å². The minimum absolute atomic E-state index is 0.0629. The molecule has 1 saturated heterocycles. The molecule has 4 heteroatoms. The van der Waals surface area contributed by atoms with Crippen LogP contribution in [0.1, 0.15) is 54.4 Å². The van der Waals surface area contributed by atoms with Crippen molar-refractivity contribution >= 4 is 11.7 Å². The van der Waals surface area contributed by atoms with Crippen molar-refractivity contribution < 1.29 is 9.59 Å². The Bertz CT molecular complexity index is 568. The van der Waals surface area contributed by atoms with Crippen LogP contribution in [0, 0.1) is 6.92 Å². The summed E-state index contributed by atoms with van der Waals surface area (Å²) in [6, 6.07) is 8.32. The first-order chi connectivity index (χ1) is 11.6. The third kappa shape index (κ3) is 4.23. The number of nitrogens with zero attached hydrogens (tertiary/aromatic N) is 2. The number of piperazine rings is 1. The number of amides is 1. The lowest BCUT2D eigenvalue weighted by atomic mass is 10.0. The number of rotatable bonds is 5. The van der Waals surface area contributed by atoms with Gasteiger partial charge in [0.2, 0.25) is 5.91 Å². The Morgan fingerprint density at radius 3 is 2.21 bits per heavy atom. The molecule has 1 heterocycles. The lowest BCUT2D eigenvalue weighted by Gasteiger charge is -2.38. The standard InChI is InChI=1S/C20H28N2O2/c1-16-6-8-17(9-7-16)19(23)10-11-20(24)22-14-12-21(13-15-22)18-4-2-3-5-18/h6-9,18H,2-5,10-15H2,1H3. The van der Waals surface area contributed by atoms with Crippen LogP contribution in [0.25, 0.3) is 0 Å². The fraction of sp³-hybridized carbons (Fsp3) is 0.600. The Kier molecular flexibility index (Phi) is 5.67. The highest BCUT2D eigenvalue weighted by molar-refractivity contribution is 5.97.